The Hall–Kier alpha value is -2.73. The Bertz CT molecular complexity index is 1010. The lowest BCUT2D eigenvalue weighted by Gasteiger charge is -2.19. The second-order valence-corrected chi connectivity index (χ2v) is 8.32. The second-order valence-electron chi connectivity index (χ2n) is 7.40. The average molecular weight is 454 g/mol. The maximum Gasteiger partial charge on any atom is 0.238 e. The number of hydrogen-bond donors (Lipinski definition) is 0. The molecule has 0 unspecified atom stereocenters. The van der Waals surface area contributed by atoms with E-state index in [9.17, 15) is 14.4 Å². The van der Waals surface area contributed by atoms with Gasteiger partial charge in [-0.05, 0) is 44.0 Å². The van der Waals surface area contributed by atoms with Crippen molar-refractivity contribution in [3.63, 3.8) is 0 Å². The molecule has 0 aromatic heterocycles. The zero-order valence-corrected chi connectivity index (χ0v) is 17.5. The van der Waals surface area contributed by atoms with Gasteiger partial charge in [0.25, 0.3) is 0 Å². The minimum absolute atomic E-state index is 0.178. The number of fused-ring (bicyclic) bond motifs is 1. The van der Waals surface area contributed by atoms with Crippen molar-refractivity contribution in [2.45, 2.75) is 19.8 Å². The van der Waals surface area contributed by atoms with Crippen LogP contribution in [0.4, 0.5) is 5.69 Å². The number of ether oxygens (including phenoxy) is 1. The molecule has 1 saturated heterocycles. The molecular formula is C23H20BrNO4. The molecule has 1 aliphatic heterocycles. The topological polar surface area (TPSA) is 63.7 Å². The van der Waals surface area contributed by atoms with Gasteiger partial charge in [0.15, 0.2) is 12.4 Å². The highest BCUT2D eigenvalue weighted by Gasteiger charge is 2.49. The average Bonchev–Trinajstić information content (AvgIpc) is 2.96. The number of nitrogens with zero attached hydrogens (tertiary/aromatic N) is 1. The molecule has 0 radical (unpaired) electrons. The quantitative estimate of drug-likeness (QED) is 0.378. The number of amides is 2. The predicted molar refractivity (Wildman–Crippen MR) is 113 cm³/mol. The van der Waals surface area contributed by atoms with E-state index >= 15 is 0 Å². The summed E-state index contributed by atoms with van der Waals surface area (Å²) in [6, 6.07) is 13.9. The van der Waals surface area contributed by atoms with Crippen LogP contribution < -0.4 is 9.64 Å². The molecule has 1 heterocycles. The van der Waals surface area contributed by atoms with Gasteiger partial charge in [0.1, 0.15) is 5.75 Å². The summed E-state index contributed by atoms with van der Waals surface area (Å²) in [6.07, 6.45) is 3.23. The largest absolute Gasteiger partial charge is 0.483 e. The molecule has 4 rings (SSSR count). The number of halogens is 1. The van der Waals surface area contributed by atoms with Crippen molar-refractivity contribution in [3.05, 3.63) is 70.2 Å². The predicted octanol–water partition coefficient (Wildman–Crippen LogP) is 4.56. The Labute approximate surface area is 177 Å². The Kier molecular flexibility index (Phi) is 5.37. The Morgan fingerprint density at radius 3 is 2.52 bits per heavy atom. The lowest BCUT2D eigenvalue weighted by atomic mass is 9.82. The molecule has 0 saturated carbocycles. The smallest absolute Gasteiger partial charge is 0.238 e. The maximum absolute atomic E-state index is 13.0. The molecule has 0 spiro atoms. The highest BCUT2D eigenvalue weighted by molar-refractivity contribution is 9.10. The summed E-state index contributed by atoms with van der Waals surface area (Å²) in [5.41, 5.74) is 2.07. The summed E-state index contributed by atoms with van der Waals surface area (Å²) in [6.45, 7) is 1.81. The molecule has 29 heavy (non-hydrogen) atoms. The highest BCUT2D eigenvalue weighted by atomic mass is 79.9. The first-order valence-electron chi connectivity index (χ1n) is 9.49. The van der Waals surface area contributed by atoms with Gasteiger partial charge in [-0.15, -0.1) is 0 Å². The molecule has 5 nitrogen and oxygen atoms in total. The Balaban J connectivity index is 1.54. The summed E-state index contributed by atoms with van der Waals surface area (Å²) in [5.74, 6) is -0.849. The normalized spacial score (nSPS) is 21.0. The van der Waals surface area contributed by atoms with Gasteiger partial charge < -0.3 is 4.74 Å². The van der Waals surface area contributed by atoms with Crippen LogP contribution in [0.1, 0.15) is 30.1 Å². The van der Waals surface area contributed by atoms with Crippen molar-refractivity contribution in [3.8, 4) is 5.75 Å². The van der Waals surface area contributed by atoms with Gasteiger partial charge in [0.2, 0.25) is 11.8 Å². The van der Waals surface area contributed by atoms with Gasteiger partial charge in [-0.1, -0.05) is 51.8 Å². The number of carbonyl (C=O) groups excluding carboxylic acids is 3. The molecule has 0 bridgehead atoms. The summed E-state index contributed by atoms with van der Waals surface area (Å²) in [7, 11) is 0. The van der Waals surface area contributed by atoms with Crippen molar-refractivity contribution in [2.24, 2.45) is 11.8 Å². The fraction of sp³-hybridized carbons (Fsp3) is 0.261. The molecule has 0 N–H and O–H groups in total. The van der Waals surface area contributed by atoms with E-state index in [0.29, 0.717) is 29.8 Å². The van der Waals surface area contributed by atoms with Crippen LogP contribution >= 0.6 is 15.9 Å². The number of para-hydroxylation sites is 2. The van der Waals surface area contributed by atoms with Crippen LogP contribution in [0.15, 0.2) is 64.7 Å². The zero-order chi connectivity index (χ0) is 20.5. The van der Waals surface area contributed by atoms with Crippen molar-refractivity contribution >= 4 is 39.2 Å². The lowest BCUT2D eigenvalue weighted by Crippen LogP contribution is -2.31. The molecule has 1 aliphatic carbocycles. The molecule has 6 heteroatoms. The number of rotatable bonds is 5. The third-order valence-corrected chi connectivity index (χ3v) is 5.98. The molecular weight excluding hydrogens is 434 g/mol. The number of imide groups is 1. The van der Waals surface area contributed by atoms with Crippen LogP contribution in [-0.2, 0) is 9.59 Å². The van der Waals surface area contributed by atoms with Gasteiger partial charge in [-0.2, -0.15) is 0 Å². The minimum Gasteiger partial charge on any atom is -0.483 e. The number of benzene rings is 2. The van der Waals surface area contributed by atoms with E-state index in [1.165, 1.54) is 4.90 Å². The first-order chi connectivity index (χ1) is 14.0. The van der Waals surface area contributed by atoms with Crippen molar-refractivity contribution in [1.29, 1.82) is 0 Å². The first-order valence-corrected chi connectivity index (χ1v) is 10.3. The van der Waals surface area contributed by atoms with Crippen molar-refractivity contribution in [2.75, 3.05) is 11.5 Å². The van der Waals surface area contributed by atoms with E-state index in [1.807, 2.05) is 13.0 Å². The Morgan fingerprint density at radius 2 is 1.76 bits per heavy atom. The monoisotopic (exact) mass is 453 g/mol. The summed E-state index contributed by atoms with van der Waals surface area (Å²) < 4.78 is 6.63. The summed E-state index contributed by atoms with van der Waals surface area (Å²) in [4.78, 5) is 39.6. The zero-order valence-electron chi connectivity index (χ0n) is 15.9. The van der Waals surface area contributed by atoms with Crippen molar-refractivity contribution in [1.82, 2.24) is 0 Å². The van der Waals surface area contributed by atoms with Crippen LogP contribution in [0, 0.1) is 11.8 Å². The number of ketones is 1. The lowest BCUT2D eigenvalue weighted by molar-refractivity contribution is -0.122. The van der Waals surface area contributed by atoms with Crippen LogP contribution in [0.25, 0.3) is 0 Å². The summed E-state index contributed by atoms with van der Waals surface area (Å²) >= 11 is 3.34. The third-order valence-electron chi connectivity index (χ3n) is 5.45. The van der Waals surface area contributed by atoms with Crippen LogP contribution in [-0.4, -0.2) is 24.2 Å². The molecule has 2 aliphatic rings. The molecule has 2 aromatic carbocycles. The Morgan fingerprint density at radius 1 is 1.07 bits per heavy atom. The van der Waals surface area contributed by atoms with Crippen LogP contribution in [0.3, 0.4) is 0 Å². The number of carbonyl (C=O) groups is 3. The van der Waals surface area contributed by atoms with Crippen molar-refractivity contribution < 1.29 is 19.1 Å². The van der Waals surface area contributed by atoms with Gasteiger partial charge in [-0.3, -0.25) is 14.4 Å². The second kappa shape index (κ2) is 7.95. The first kappa shape index (κ1) is 19.6. The van der Waals surface area contributed by atoms with E-state index in [-0.39, 0.29) is 36.0 Å². The third kappa shape index (κ3) is 3.77. The number of Topliss-reactive ketones (excluding diaryl/α,β-unsaturated/α-hetero) is 1. The highest BCUT2D eigenvalue weighted by Crippen LogP contribution is 2.42. The van der Waals surface area contributed by atoms with Gasteiger partial charge in [-0.25, -0.2) is 4.90 Å². The molecule has 2 amide bonds. The van der Waals surface area contributed by atoms with E-state index in [0.717, 1.165) is 10.0 Å². The van der Waals surface area contributed by atoms with Gasteiger partial charge in [0, 0.05) is 10.0 Å². The molecule has 148 valence electrons. The van der Waals surface area contributed by atoms with E-state index in [1.54, 1.807) is 48.5 Å². The van der Waals surface area contributed by atoms with E-state index in [2.05, 4.69) is 15.9 Å². The standard InChI is InChI=1S/C23H20BrNO4/c1-14-6-11-17-18(12-14)23(28)25(22(17)27)19-4-2-3-5-21(19)29-13-20(26)15-7-9-16(24)10-8-15/h2-10,17-18H,11-13H2,1H3/t17-,18-/m0/s1. The number of anilines is 1. The maximum atomic E-state index is 13.0. The fourth-order valence-corrected chi connectivity index (χ4v) is 4.17. The molecule has 1 fully saturated rings. The fourth-order valence-electron chi connectivity index (χ4n) is 3.90. The van der Waals surface area contributed by atoms with E-state index in [4.69, 9.17) is 4.74 Å². The van der Waals surface area contributed by atoms with Crippen LogP contribution in [0.2, 0.25) is 0 Å². The van der Waals surface area contributed by atoms with Gasteiger partial charge in [0.05, 0.1) is 17.5 Å². The summed E-state index contributed by atoms with van der Waals surface area (Å²) in [5, 5.41) is 0. The number of allylic oxidation sites excluding steroid dienone is 2. The number of hydrogen-bond acceptors (Lipinski definition) is 4. The molecule has 2 atom stereocenters. The van der Waals surface area contributed by atoms with E-state index < -0.39 is 0 Å². The van der Waals surface area contributed by atoms with Gasteiger partial charge >= 0.3 is 0 Å². The molecule has 2 aromatic rings. The minimum atomic E-state index is -0.316. The SMILES string of the molecule is CC1=CC[C@@H]2C(=O)N(c3ccccc3OCC(=O)c3ccc(Br)cc3)C(=O)[C@H]2C1. The van der Waals surface area contributed by atoms with Crippen LogP contribution in [0.5, 0.6) is 5.75 Å².